The summed E-state index contributed by atoms with van der Waals surface area (Å²) in [6, 6.07) is 1.77. The lowest BCUT2D eigenvalue weighted by Crippen LogP contribution is -2.08. The lowest BCUT2D eigenvalue weighted by Gasteiger charge is -2.07. The van der Waals surface area contributed by atoms with Gasteiger partial charge in [0.1, 0.15) is 5.69 Å². The summed E-state index contributed by atoms with van der Waals surface area (Å²) in [6.07, 6.45) is -4.66. The van der Waals surface area contributed by atoms with Crippen LogP contribution in [0.15, 0.2) is 16.6 Å². The molecule has 1 aromatic rings. The number of aromatic nitrogens is 1. The van der Waals surface area contributed by atoms with Gasteiger partial charge in [0.25, 0.3) is 0 Å². The van der Waals surface area contributed by atoms with Crippen molar-refractivity contribution in [3.05, 3.63) is 22.3 Å². The fraction of sp³-hybridized carbons (Fsp3) is 0.286. The smallest absolute Gasteiger partial charge is 0.433 e. The Morgan fingerprint density at radius 1 is 1.54 bits per heavy atom. The van der Waals surface area contributed by atoms with Gasteiger partial charge in [-0.05, 0) is 6.07 Å². The number of methoxy groups -OCH3 is 1. The van der Waals surface area contributed by atoms with Crippen molar-refractivity contribution >= 4 is 15.9 Å². The van der Waals surface area contributed by atoms with E-state index in [1.807, 2.05) is 0 Å². The Bertz CT molecular complexity index is 393. The number of ether oxygens (including phenoxy) is 1. The van der Waals surface area contributed by atoms with Crippen molar-refractivity contribution < 1.29 is 22.0 Å². The van der Waals surface area contributed by atoms with Gasteiger partial charge in [-0.25, -0.2) is 4.98 Å². The molecular formula is C7H5BrF3NO. The first-order chi connectivity index (χ1) is 7.08. The van der Waals surface area contributed by atoms with Crippen molar-refractivity contribution in [2.24, 2.45) is 0 Å². The third kappa shape index (κ3) is 2.58. The first-order valence-electron chi connectivity index (χ1n) is 4.52. The van der Waals surface area contributed by atoms with E-state index < -0.39 is 24.8 Å². The van der Waals surface area contributed by atoms with Crippen LogP contribution < -0.4 is 4.74 Å². The molecule has 0 radical (unpaired) electrons. The first kappa shape index (κ1) is 6.64. The summed E-state index contributed by atoms with van der Waals surface area (Å²) >= 11 is 2.81. The zero-order valence-corrected chi connectivity index (χ0v) is 7.61. The molecule has 0 saturated heterocycles. The van der Waals surface area contributed by atoms with Gasteiger partial charge in [-0.3, -0.25) is 0 Å². The monoisotopic (exact) mass is 258 g/mol. The van der Waals surface area contributed by atoms with E-state index in [1.165, 1.54) is 0 Å². The fourth-order valence-electron chi connectivity index (χ4n) is 0.671. The molecule has 6 heteroatoms. The number of alkyl halides is 3. The number of rotatable bonds is 1. The molecule has 1 rings (SSSR count). The second-order valence-corrected chi connectivity index (χ2v) is 3.02. The first-order valence-corrected chi connectivity index (χ1v) is 3.81. The number of hydrogen-bond donors (Lipinski definition) is 0. The molecule has 0 unspecified atom stereocenters. The molecule has 2 nitrogen and oxygen atoms in total. The zero-order valence-electron chi connectivity index (χ0n) is 9.02. The number of hydrogen-bond acceptors (Lipinski definition) is 2. The Hall–Kier alpha value is -0.780. The third-order valence-corrected chi connectivity index (χ3v) is 1.62. The number of nitrogens with zero attached hydrogens (tertiary/aromatic N) is 1. The number of pyridine rings is 1. The molecule has 0 saturated carbocycles. The van der Waals surface area contributed by atoms with Crippen LogP contribution in [-0.4, -0.2) is 12.0 Å². The fourth-order valence-corrected chi connectivity index (χ4v) is 1.08. The topological polar surface area (TPSA) is 22.1 Å². The maximum absolute atomic E-state index is 12.3. The predicted molar refractivity (Wildman–Crippen MR) is 43.5 cm³/mol. The lowest BCUT2D eigenvalue weighted by molar-refractivity contribution is -0.141. The summed E-state index contributed by atoms with van der Waals surface area (Å²) in [6.45, 7) is 0. The van der Waals surface area contributed by atoms with Gasteiger partial charge in [-0.1, -0.05) is 15.9 Å². The molecule has 0 spiro atoms. The Balaban J connectivity index is 3.09. The SMILES string of the molecule is [2H]C([2H])([2H])Oc1cc(Br)cc(C(F)(F)F)n1. The molecule has 1 aromatic heterocycles. The van der Waals surface area contributed by atoms with Crippen LogP contribution >= 0.6 is 15.9 Å². The van der Waals surface area contributed by atoms with Crippen LogP contribution in [0.25, 0.3) is 0 Å². The molecule has 13 heavy (non-hydrogen) atoms. The number of halogens is 4. The van der Waals surface area contributed by atoms with Crippen LogP contribution in [0.1, 0.15) is 9.81 Å². The van der Waals surface area contributed by atoms with E-state index in [9.17, 15) is 13.2 Å². The van der Waals surface area contributed by atoms with Gasteiger partial charge in [0.15, 0.2) is 0 Å². The Kier molecular flexibility index (Phi) is 1.80. The van der Waals surface area contributed by atoms with Crippen molar-refractivity contribution in [1.29, 1.82) is 0 Å². The second-order valence-electron chi connectivity index (χ2n) is 2.11. The summed E-state index contributed by atoms with van der Waals surface area (Å²) in [7, 11) is -2.84. The van der Waals surface area contributed by atoms with Crippen molar-refractivity contribution in [2.45, 2.75) is 6.18 Å². The molecular weight excluding hydrogens is 251 g/mol. The summed E-state index contributed by atoms with van der Waals surface area (Å²) in [5, 5.41) is 0. The summed E-state index contributed by atoms with van der Waals surface area (Å²) in [4.78, 5) is 3.05. The van der Waals surface area contributed by atoms with Crippen LogP contribution in [0.5, 0.6) is 5.88 Å². The minimum Gasteiger partial charge on any atom is -0.481 e. The Morgan fingerprint density at radius 2 is 2.23 bits per heavy atom. The lowest BCUT2D eigenvalue weighted by atomic mass is 10.3. The largest absolute Gasteiger partial charge is 0.481 e. The van der Waals surface area contributed by atoms with Gasteiger partial charge < -0.3 is 4.74 Å². The van der Waals surface area contributed by atoms with Gasteiger partial charge in [-0.15, -0.1) is 0 Å². The summed E-state index contributed by atoms with van der Waals surface area (Å²) in [5.41, 5.74) is -1.22. The molecule has 0 aliphatic heterocycles. The van der Waals surface area contributed by atoms with Crippen LogP contribution in [0.2, 0.25) is 0 Å². The maximum atomic E-state index is 12.3. The van der Waals surface area contributed by atoms with Crippen molar-refractivity contribution in [3.63, 3.8) is 0 Å². The standard InChI is InChI=1S/C7H5BrF3NO/c1-13-6-3-4(8)2-5(12-6)7(9,10)11/h2-3H,1H3/i1D3. The van der Waals surface area contributed by atoms with E-state index in [0.29, 0.717) is 0 Å². The molecule has 0 amide bonds. The van der Waals surface area contributed by atoms with Crippen molar-refractivity contribution in [3.8, 4) is 5.88 Å². The maximum Gasteiger partial charge on any atom is 0.433 e. The van der Waals surface area contributed by atoms with E-state index in [1.54, 1.807) is 0 Å². The van der Waals surface area contributed by atoms with E-state index in [0.717, 1.165) is 12.1 Å². The highest BCUT2D eigenvalue weighted by molar-refractivity contribution is 9.10. The van der Waals surface area contributed by atoms with E-state index in [2.05, 4.69) is 25.7 Å². The van der Waals surface area contributed by atoms with Crippen molar-refractivity contribution in [2.75, 3.05) is 7.04 Å². The van der Waals surface area contributed by atoms with Crippen LogP contribution in [0, 0.1) is 0 Å². The molecule has 0 aliphatic rings. The normalized spacial score (nSPS) is 15.8. The van der Waals surface area contributed by atoms with Gasteiger partial charge in [0.05, 0.1) is 11.2 Å². The third-order valence-electron chi connectivity index (χ3n) is 1.16. The van der Waals surface area contributed by atoms with Crippen LogP contribution in [-0.2, 0) is 6.18 Å². The minimum atomic E-state index is -4.66. The quantitative estimate of drug-likeness (QED) is 0.773. The summed E-state index contributed by atoms with van der Waals surface area (Å²) < 4.78 is 61.4. The molecule has 72 valence electrons. The minimum absolute atomic E-state index is 0.0362. The van der Waals surface area contributed by atoms with Crippen LogP contribution in [0.4, 0.5) is 13.2 Å². The van der Waals surface area contributed by atoms with Gasteiger partial charge in [-0.2, -0.15) is 13.2 Å². The molecule has 0 fully saturated rings. The van der Waals surface area contributed by atoms with Gasteiger partial charge in [0, 0.05) is 10.5 Å². The molecule has 0 N–H and O–H groups in total. The predicted octanol–water partition coefficient (Wildman–Crippen LogP) is 2.87. The molecule has 0 bridgehead atoms. The Labute approximate surface area is 85.1 Å². The Morgan fingerprint density at radius 3 is 2.77 bits per heavy atom. The molecule has 0 aliphatic carbocycles. The average molecular weight is 259 g/mol. The zero-order chi connectivity index (χ0) is 12.6. The molecule has 0 aromatic carbocycles. The van der Waals surface area contributed by atoms with E-state index >= 15 is 0 Å². The van der Waals surface area contributed by atoms with Gasteiger partial charge in [0.2, 0.25) is 5.88 Å². The highest BCUT2D eigenvalue weighted by Gasteiger charge is 2.33. The summed E-state index contributed by atoms with van der Waals surface area (Å²) in [5.74, 6) is -0.610. The molecule has 1 heterocycles. The second kappa shape index (κ2) is 3.53. The highest BCUT2D eigenvalue weighted by atomic mass is 79.9. The average Bonchev–Trinajstić information content (AvgIpc) is 1.97. The van der Waals surface area contributed by atoms with E-state index in [4.69, 9.17) is 4.11 Å². The molecule has 0 atom stereocenters. The van der Waals surface area contributed by atoms with Crippen molar-refractivity contribution in [1.82, 2.24) is 4.98 Å². The highest BCUT2D eigenvalue weighted by Crippen LogP contribution is 2.31. The van der Waals surface area contributed by atoms with Crippen LogP contribution in [0.3, 0.4) is 0 Å². The van der Waals surface area contributed by atoms with Gasteiger partial charge >= 0.3 is 6.18 Å². The van der Waals surface area contributed by atoms with E-state index in [-0.39, 0.29) is 4.47 Å².